The molecular weight excluding hydrogens is 2660 g/mol. The molecule has 15 rings (SSSR count). The average molecular weight is 2770 g/mol. The molecule has 3 saturated heterocycles. The van der Waals surface area contributed by atoms with Crippen LogP contribution >= 0.6 is 0 Å². The zero-order valence-electron chi connectivity index (χ0n) is 75.3. The Bertz CT molecular complexity index is 5220. The summed E-state index contributed by atoms with van der Waals surface area (Å²) in [4.78, 5) is 92.7. The number of imidazole rings is 1. The molecule has 0 atom stereocenters. The van der Waals surface area contributed by atoms with Gasteiger partial charge in [0.2, 0.25) is 17.7 Å². The number of anilines is 3. The third-order valence-corrected chi connectivity index (χ3v) is 20.5. The summed E-state index contributed by atoms with van der Waals surface area (Å²) in [6.45, 7) is 34.3. The number of rotatable bonds is 22. The molecule has 3 N–H and O–H groups in total. The molecule has 648 valence electrons. The molecule has 0 radical (unpaired) electrons. The van der Waals surface area contributed by atoms with E-state index < -0.39 is 0 Å². The van der Waals surface area contributed by atoms with Crippen LogP contribution in [0.3, 0.4) is 0 Å². The first-order valence-corrected chi connectivity index (χ1v) is 40.3. The van der Waals surface area contributed by atoms with Crippen LogP contribution in [0, 0.1) is 104 Å². The number of carbonyl (C=O) groups is 5. The van der Waals surface area contributed by atoms with Crippen molar-refractivity contribution in [2.75, 3.05) is 115 Å². The molecule has 8 aromatic carbocycles. The number of morpholine rings is 1. The Morgan fingerprint density at radius 1 is 0.433 bits per heavy atom. The summed E-state index contributed by atoms with van der Waals surface area (Å²) in [5, 5.41) is 8.55. The third kappa shape index (κ3) is 41.2. The number of aryl methyl sites for hydroxylation is 8. The maximum absolute atomic E-state index is 12.4. The van der Waals surface area contributed by atoms with Crippen LogP contribution in [0.2, 0.25) is 0 Å². The molecule has 0 aliphatic carbocycles. The van der Waals surface area contributed by atoms with Crippen molar-refractivity contribution >= 4 is 46.4 Å². The Morgan fingerprint density at radius 2 is 0.906 bits per heavy atom. The second-order valence-electron chi connectivity index (χ2n) is 30.7. The van der Waals surface area contributed by atoms with Gasteiger partial charge in [0, 0.05) is 245 Å². The van der Waals surface area contributed by atoms with E-state index in [0.29, 0.717) is 66.8 Å². The van der Waals surface area contributed by atoms with Crippen molar-refractivity contribution in [3.8, 4) is 0 Å². The van der Waals surface area contributed by atoms with Gasteiger partial charge in [0.1, 0.15) is 17.3 Å². The summed E-state index contributed by atoms with van der Waals surface area (Å²) in [6, 6.07) is 72.6. The number of nitrogens with zero attached hydrogens (tertiary/aromatic N) is 11. The number of hydrogen-bond donors (Lipinski definition) is 3. The Balaban J connectivity index is 0.000000403. The minimum atomic E-state index is -0.259. The van der Waals surface area contributed by atoms with Crippen LogP contribution in [-0.4, -0.2) is 183 Å². The molecule has 0 unspecified atom stereocenters. The van der Waals surface area contributed by atoms with Gasteiger partial charge in [-0.2, -0.15) is 167 Å². The van der Waals surface area contributed by atoms with Crippen molar-refractivity contribution in [1.29, 1.82) is 0 Å². The van der Waals surface area contributed by atoms with E-state index in [0.717, 1.165) is 177 Å². The van der Waals surface area contributed by atoms with Crippen molar-refractivity contribution in [2.45, 2.75) is 108 Å². The number of pyridine rings is 1. The van der Waals surface area contributed by atoms with Crippen molar-refractivity contribution in [3.05, 3.63) is 349 Å². The monoisotopic (exact) mass is 2770 g/mol. The van der Waals surface area contributed by atoms with Crippen molar-refractivity contribution in [1.82, 2.24) is 53.9 Å². The van der Waals surface area contributed by atoms with Crippen LogP contribution in [0.5, 0.6) is 0 Å². The third-order valence-electron chi connectivity index (χ3n) is 20.5. The number of likely N-dealkylation sites (N-methyl/N-ethyl adjacent to an activating group) is 2. The molecule has 7 heterocycles. The first-order valence-electron chi connectivity index (χ1n) is 40.3. The normalized spacial score (nSPS) is 13.5. The predicted octanol–water partition coefficient (Wildman–Crippen LogP) is 5.32. The summed E-state index contributed by atoms with van der Waals surface area (Å²) in [5.74, 6) is 1.15. The quantitative estimate of drug-likeness (QED) is 0.0579. The number of piperazine rings is 2. The van der Waals surface area contributed by atoms with Crippen molar-refractivity contribution in [2.24, 2.45) is 0 Å². The molecule has 21 nitrogen and oxygen atoms in total. The number of ketones is 2. The SMILES string of the molecule is CC1=CN(Cc2c[c-]cc(C(=O)Nc3c[c-]c(C)cc3)n2)CO1.Cc1[c-]cc(C(=O)Cc2c[c-]c(CN3CCN(C)CC3)cc2)cc1.Cc1[c-]cc(C(=O)Cc2ccc(Cn3cnc(C)c3)c(C)c2)cc1.Cc1[c-]cc(NC(=O)c2c[c-]nc(CN3CCN(C)CC3)n2)cc1.Cc1[c-]cc(NC(=O)c2ccc(CN3CCOCC3)c(C)c2)cc1.[Rb+].[Rb+].[Rb+].[W].[W].[W].[W].[W]. The first-order chi connectivity index (χ1) is 57.4. The van der Waals surface area contributed by atoms with Gasteiger partial charge in [0.05, 0.1) is 25.2 Å². The van der Waals surface area contributed by atoms with Crippen molar-refractivity contribution in [3.63, 3.8) is 0 Å². The maximum atomic E-state index is 12.4. The molecule has 3 amide bonds. The number of benzene rings is 8. The predicted molar refractivity (Wildman–Crippen MR) is 465 cm³/mol. The topological polar surface area (TPSA) is 216 Å². The fourth-order valence-corrected chi connectivity index (χ4v) is 13.2. The number of Topliss-reactive ketones (excluding diaryl/α,β-unsaturated/α-hetero) is 2. The van der Waals surface area contributed by atoms with Crippen LogP contribution in [0.1, 0.15) is 143 Å². The molecule has 4 aliphatic heterocycles. The molecular formula is C98H106N14O7Rb3W5-5. The second-order valence-corrected chi connectivity index (χ2v) is 30.7. The average Bonchev–Trinajstić information content (AvgIpc) is 0.989. The number of carbonyl (C=O) groups excluding carboxylic acids is 5. The van der Waals surface area contributed by atoms with E-state index in [1.165, 1.54) is 28.3 Å². The van der Waals surface area contributed by atoms with Crippen LogP contribution in [0.25, 0.3) is 0 Å². The molecule has 0 spiro atoms. The van der Waals surface area contributed by atoms with Gasteiger partial charge >= 0.3 is 175 Å². The number of amides is 3. The maximum Gasteiger partial charge on any atom is 1.00 e. The Morgan fingerprint density at radius 3 is 1.38 bits per heavy atom. The Labute approximate surface area is 970 Å². The van der Waals surface area contributed by atoms with Crippen LogP contribution in [0.4, 0.5) is 17.1 Å². The molecule has 0 bridgehead atoms. The zero-order chi connectivity index (χ0) is 84.2. The van der Waals surface area contributed by atoms with Gasteiger partial charge in [0.25, 0.3) is 0 Å². The summed E-state index contributed by atoms with van der Waals surface area (Å²) < 4.78 is 12.8. The molecule has 3 aromatic heterocycles. The van der Waals surface area contributed by atoms with E-state index in [4.69, 9.17) is 9.47 Å². The summed E-state index contributed by atoms with van der Waals surface area (Å²) >= 11 is 0. The Hall–Kier alpha value is -3.09. The zero-order valence-corrected chi connectivity index (χ0v) is 105. The fraction of sp³-hybridized carbons (Fsp3) is 0.316. The molecule has 4 aliphatic rings. The van der Waals surface area contributed by atoms with E-state index in [9.17, 15) is 24.0 Å². The van der Waals surface area contributed by atoms with Gasteiger partial charge in [-0.15, -0.1) is 41.5 Å². The van der Waals surface area contributed by atoms with Crippen LogP contribution in [0.15, 0.2) is 188 Å². The van der Waals surface area contributed by atoms with Gasteiger partial charge in [0.15, 0.2) is 6.73 Å². The van der Waals surface area contributed by atoms with Gasteiger partial charge < -0.3 is 74.1 Å². The van der Waals surface area contributed by atoms with Crippen LogP contribution in [-0.2, 0) is 160 Å². The standard InChI is InChI=1S/C21H24N2O.C21H21N2O.C20H23N2O2.C18H21N5O.C18H17N3O2.3Rb.5W/c1-17-3-9-20(10-4-17)21(24)15-18-5-7-19(8-6-18)16-23-13-11-22(2)12-14-23;1-15-4-7-19(8-5-15)21(24)11-18-6-9-20(16(2)10-18)13-23-12-17(3)22-14-23;1-15-3-7-19(8-4-15)21-20(23)17-5-6-18(16(2)13-17)14-22-9-11-24-12-10-22;1-14-3-5-15(6-4-14)20-18(24)16-7-8-19-17(21-16)13-23-11-9-22(2)10-12-23;1-13-6-8-15(9-7-13)20-18(22)17-5-3-4-16(19-17)11-21-10-14(2)23-12-21;;;;;;;;/h3,5-7,9-10H,11-16H2,1-2H3;4,6-10,12,14H,11,13H2,1-3H3;3,5-8,13H,9-12,14H2,1-2H3,(H,21,23);3,5-7H,9-13H2,1-2H3,(H,20,24);4-6,8-10H,11-12H2,1-2H3,(H,20,22);;;;;;;;/q-2;2*-1;2*-2;3*+1;;;;;. The number of ether oxygens (including phenoxy) is 2. The summed E-state index contributed by atoms with van der Waals surface area (Å²) in [7, 11) is 4.29. The van der Waals surface area contributed by atoms with Gasteiger partial charge in [-0.1, -0.05) is 99.0 Å². The summed E-state index contributed by atoms with van der Waals surface area (Å²) in [5.41, 5.74) is 20.0. The number of hydrogen-bond acceptors (Lipinski definition) is 17. The van der Waals surface area contributed by atoms with E-state index >= 15 is 0 Å². The number of nitrogens with one attached hydrogen (secondary N) is 3. The largest absolute Gasteiger partial charge is 1.00 e. The minimum Gasteiger partial charge on any atom is -0.476 e. The van der Waals surface area contributed by atoms with Gasteiger partial charge in [-0.25, -0.2) is 4.98 Å². The summed E-state index contributed by atoms with van der Waals surface area (Å²) in [6.07, 6.45) is 9.43. The molecule has 127 heavy (non-hydrogen) atoms. The van der Waals surface area contributed by atoms with Gasteiger partial charge in [-0.05, 0) is 88.2 Å². The molecule has 3 fully saturated rings. The van der Waals surface area contributed by atoms with E-state index in [1.807, 2.05) is 157 Å². The second kappa shape index (κ2) is 61.8. The smallest absolute Gasteiger partial charge is 0.476 e. The minimum absolute atomic E-state index is 0. The van der Waals surface area contributed by atoms with Crippen LogP contribution < -0.4 is 191 Å². The number of aromatic nitrogens is 5. The van der Waals surface area contributed by atoms with Gasteiger partial charge in [-0.3, -0.25) is 24.2 Å². The first kappa shape index (κ1) is 118. The molecule has 0 saturated carbocycles. The van der Waals surface area contributed by atoms with E-state index in [2.05, 4.69) is 172 Å². The molecule has 11 aromatic rings. The van der Waals surface area contributed by atoms with Crippen molar-refractivity contribution < 1.29 is 313 Å². The number of allylic oxidation sites excluding steroid dienone is 1. The van der Waals surface area contributed by atoms with E-state index in [1.54, 1.807) is 42.5 Å². The van der Waals surface area contributed by atoms with E-state index in [-0.39, 0.29) is 309 Å². The molecule has 29 heteroatoms. The Kier molecular flexibility index (Phi) is 57.5. The fourth-order valence-electron chi connectivity index (χ4n) is 13.2.